The maximum atomic E-state index is 12.6. The molecule has 0 spiro atoms. The second-order valence-corrected chi connectivity index (χ2v) is 6.85. The zero-order valence-corrected chi connectivity index (χ0v) is 14.1. The van der Waals surface area contributed by atoms with E-state index in [0.717, 1.165) is 10.0 Å². The predicted molar refractivity (Wildman–Crippen MR) is 84.5 cm³/mol. The van der Waals surface area contributed by atoms with Crippen molar-refractivity contribution in [3.63, 3.8) is 0 Å². The summed E-state index contributed by atoms with van der Waals surface area (Å²) in [5.74, 6) is -0.282. The Kier molecular flexibility index (Phi) is 4.54. The van der Waals surface area contributed by atoms with Gasteiger partial charge in [-0.25, -0.2) is 0 Å². The number of hydrogen-bond donors (Lipinski definition) is 1. The molecule has 3 atom stereocenters. The molecule has 1 aromatic rings. The Balaban J connectivity index is 1.96. The van der Waals surface area contributed by atoms with Gasteiger partial charge in [0.15, 0.2) is 0 Å². The summed E-state index contributed by atoms with van der Waals surface area (Å²) >= 11 is 3.46. The van der Waals surface area contributed by atoms with Crippen LogP contribution in [0.5, 0.6) is 0 Å². The number of fused-ring (bicyclic) bond motifs is 1. The Bertz CT molecular complexity index is 567. The minimum atomic E-state index is -0.816. The van der Waals surface area contributed by atoms with Gasteiger partial charge in [0, 0.05) is 23.9 Å². The van der Waals surface area contributed by atoms with Gasteiger partial charge in [0.1, 0.15) is 5.54 Å². The molecule has 120 valence electrons. The van der Waals surface area contributed by atoms with Gasteiger partial charge < -0.3 is 14.6 Å². The van der Waals surface area contributed by atoms with E-state index in [1.54, 1.807) is 0 Å². The normalized spacial score (nSPS) is 31.8. The van der Waals surface area contributed by atoms with Gasteiger partial charge >= 0.3 is 5.97 Å². The molecule has 0 aliphatic carbocycles. The SMILES string of the molecule is COC(=O)[C@]1(Cc2cccc(Br)c2)C[C@H](O)[C@@H]2COCCN21. The monoisotopic (exact) mass is 369 g/mol. The zero-order valence-electron chi connectivity index (χ0n) is 12.5. The van der Waals surface area contributed by atoms with E-state index in [9.17, 15) is 9.90 Å². The standard InChI is InChI=1S/C16H20BrNO4/c1-21-15(20)16(8-11-3-2-4-12(17)7-11)9-14(19)13-10-22-6-5-18(13)16/h2-4,7,13-14,19H,5-6,8-10H2,1H3/t13-,14-,16-/m0/s1. The van der Waals surface area contributed by atoms with Crippen molar-refractivity contribution in [3.05, 3.63) is 34.3 Å². The van der Waals surface area contributed by atoms with Crippen molar-refractivity contribution in [2.24, 2.45) is 0 Å². The molecule has 2 saturated heterocycles. The molecule has 22 heavy (non-hydrogen) atoms. The van der Waals surface area contributed by atoms with Crippen LogP contribution in [0.15, 0.2) is 28.7 Å². The van der Waals surface area contributed by atoms with Gasteiger partial charge in [0.05, 0.1) is 32.5 Å². The molecule has 0 amide bonds. The van der Waals surface area contributed by atoms with E-state index in [2.05, 4.69) is 20.8 Å². The van der Waals surface area contributed by atoms with E-state index in [-0.39, 0.29) is 12.0 Å². The van der Waals surface area contributed by atoms with Crippen molar-refractivity contribution in [3.8, 4) is 0 Å². The summed E-state index contributed by atoms with van der Waals surface area (Å²) in [6.07, 6.45) is 0.318. The fourth-order valence-corrected chi connectivity index (χ4v) is 4.14. The predicted octanol–water partition coefficient (Wildman–Crippen LogP) is 1.37. The van der Waals surface area contributed by atoms with E-state index in [1.165, 1.54) is 7.11 Å². The zero-order chi connectivity index (χ0) is 15.7. The molecule has 1 aromatic carbocycles. The number of aliphatic hydroxyl groups excluding tert-OH is 1. The minimum absolute atomic E-state index is 0.139. The molecule has 0 aromatic heterocycles. The Labute approximate surface area is 138 Å². The number of hydrogen-bond acceptors (Lipinski definition) is 5. The summed E-state index contributed by atoms with van der Waals surface area (Å²) in [5.41, 5.74) is 0.225. The second kappa shape index (κ2) is 6.28. The highest BCUT2D eigenvalue weighted by molar-refractivity contribution is 9.10. The van der Waals surface area contributed by atoms with Gasteiger partial charge in [0.2, 0.25) is 0 Å². The number of benzene rings is 1. The first kappa shape index (κ1) is 15.9. The van der Waals surface area contributed by atoms with Crippen LogP contribution in [0.25, 0.3) is 0 Å². The minimum Gasteiger partial charge on any atom is -0.468 e. The third kappa shape index (κ3) is 2.69. The van der Waals surface area contributed by atoms with Crippen molar-refractivity contribution in [1.29, 1.82) is 0 Å². The van der Waals surface area contributed by atoms with E-state index in [4.69, 9.17) is 9.47 Å². The molecule has 3 rings (SSSR count). The number of carbonyl (C=O) groups excluding carboxylic acids is 1. The van der Waals surface area contributed by atoms with Crippen LogP contribution in [0, 0.1) is 0 Å². The largest absolute Gasteiger partial charge is 0.468 e. The van der Waals surface area contributed by atoms with Gasteiger partial charge in [-0.05, 0) is 17.7 Å². The Morgan fingerprint density at radius 3 is 3.14 bits per heavy atom. The summed E-state index contributed by atoms with van der Waals surface area (Å²) in [4.78, 5) is 14.7. The van der Waals surface area contributed by atoms with Gasteiger partial charge in [0.25, 0.3) is 0 Å². The van der Waals surface area contributed by atoms with Crippen LogP contribution in [-0.4, -0.2) is 60.5 Å². The van der Waals surface area contributed by atoms with Crippen molar-refractivity contribution in [2.75, 3.05) is 26.9 Å². The number of ether oxygens (including phenoxy) is 2. The first-order chi connectivity index (χ1) is 10.6. The topological polar surface area (TPSA) is 59.0 Å². The van der Waals surface area contributed by atoms with Crippen molar-refractivity contribution < 1.29 is 19.4 Å². The fourth-order valence-electron chi connectivity index (χ4n) is 3.69. The maximum absolute atomic E-state index is 12.6. The lowest BCUT2D eigenvalue weighted by molar-refractivity contribution is -0.157. The van der Waals surface area contributed by atoms with Crippen molar-refractivity contribution in [1.82, 2.24) is 4.90 Å². The third-order valence-corrected chi connectivity index (χ3v) is 5.15. The highest BCUT2D eigenvalue weighted by Gasteiger charge is 2.57. The third-order valence-electron chi connectivity index (χ3n) is 4.66. The molecule has 0 bridgehead atoms. The number of nitrogens with zero attached hydrogens (tertiary/aromatic N) is 1. The van der Waals surface area contributed by atoms with E-state index >= 15 is 0 Å². The lowest BCUT2D eigenvalue weighted by Gasteiger charge is -2.41. The lowest BCUT2D eigenvalue weighted by Crippen LogP contribution is -2.58. The number of halogens is 1. The maximum Gasteiger partial charge on any atom is 0.326 e. The second-order valence-electron chi connectivity index (χ2n) is 5.94. The molecular weight excluding hydrogens is 350 g/mol. The van der Waals surface area contributed by atoms with Crippen LogP contribution in [0.4, 0.5) is 0 Å². The number of carbonyl (C=O) groups is 1. The molecule has 6 heteroatoms. The summed E-state index contributed by atoms with van der Waals surface area (Å²) in [5, 5.41) is 10.4. The molecule has 0 saturated carbocycles. The molecule has 5 nitrogen and oxygen atoms in total. The molecule has 2 aliphatic rings. The van der Waals surface area contributed by atoms with E-state index < -0.39 is 11.6 Å². The first-order valence-corrected chi connectivity index (χ1v) is 8.21. The Morgan fingerprint density at radius 1 is 1.59 bits per heavy atom. The number of methoxy groups -OCH3 is 1. The van der Waals surface area contributed by atoms with Gasteiger partial charge in [-0.2, -0.15) is 0 Å². The van der Waals surface area contributed by atoms with Gasteiger partial charge in [-0.1, -0.05) is 28.1 Å². The van der Waals surface area contributed by atoms with Crippen molar-refractivity contribution >= 4 is 21.9 Å². The number of morpholine rings is 1. The molecular formula is C16H20BrNO4. The highest BCUT2D eigenvalue weighted by atomic mass is 79.9. The smallest absolute Gasteiger partial charge is 0.326 e. The summed E-state index contributed by atoms with van der Waals surface area (Å²) in [6.45, 7) is 1.66. The van der Waals surface area contributed by atoms with Crippen LogP contribution in [0.3, 0.4) is 0 Å². The molecule has 0 unspecified atom stereocenters. The quantitative estimate of drug-likeness (QED) is 0.815. The van der Waals surface area contributed by atoms with Crippen LogP contribution in [-0.2, 0) is 20.7 Å². The van der Waals surface area contributed by atoms with Crippen LogP contribution in [0.1, 0.15) is 12.0 Å². The van der Waals surface area contributed by atoms with Crippen LogP contribution < -0.4 is 0 Å². The number of rotatable bonds is 3. The number of aliphatic hydroxyl groups is 1. The highest BCUT2D eigenvalue weighted by Crippen LogP contribution is 2.39. The molecule has 1 N–H and O–H groups in total. The molecule has 2 heterocycles. The molecule has 2 aliphatic heterocycles. The summed E-state index contributed by atoms with van der Waals surface area (Å²) in [7, 11) is 1.41. The average molecular weight is 370 g/mol. The van der Waals surface area contributed by atoms with Crippen LogP contribution in [0.2, 0.25) is 0 Å². The lowest BCUT2D eigenvalue weighted by atomic mass is 9.87. The van der Waals surface area contributed by atoms with E-state index in [0.29, 0.717) is 32.6 Å². The Morgan fingerprint density at radius 2 is 2.41 bits per heavy atom. The van der Waals surface area contributed by atoms with Crippen LogP contribution >= 0.6 is 15.9 Å². The average Bonchev–Trinajstić information content (AvgIpc) is 2.81. The Hall–Kier alpha value is -0.950. The van der Waals surface area contributed by atoms with Gasteiger partial charge in [-0.3, -0.25) is 9.69 Å². The van der Waals surface area contributed by atoms with Gasteiger partial charge in [-0.15, -0.1) is 0 Å². The molecule has 2 fully saturated rings. The number of esters is 1. The fraction of sp³-hybridized carbons (Fsp3) is 0.562. The van der Waals surface area contributed by atoms with Crippen molar-refractivity contribution in [2.45, 2.75) is 30.5 Å². The summed E-state index contributed by atoms with van der Waals surface area (Å²) in [6, 6.07) is 7.77. The first-order valence-electron chi connectivity index (χ1n) is 7.42. The summed E-state index contributed by atoms with van der Waals surface area (Å²) < 4.78 is 11.5. The van der Waals surface area contributed by atoms with E-state index in [1.807, 2.05) is 24.3 Å². The molecule has 0 radical (unpaired) electrons.